The van der Waals surface area contributed by atoms with Crippen LogP contribution in [0.2, 0.25) is 0 Å². The van der Waals surface area contributed by atoms with E-state index in [9.17, 15) is 43.2 Å². The summed E-state index contributed by atoms with van der Waals surface area (Å²) in [6, 6.07) is 0. The summed E-state index contributed by atoms with van der Waals surface area (Å²) in [6.07, 6.45) is 7.03. The van der Waals surface area contributed by atoms with Crippen LogP contribution in [0, 0.1) is 46.3 Å². The van der Waals surface area contributed by atoms with Crippen molar-refractivity contribution in [2.24, 2.45) is 46.3 Å². The maximum atomic E-state index is 13.6. The largest absolute Gasteiger partial charge is 0.403 e. The number of ketones is 8. The molecule has 9 aliphatic rings. The fraction of sp³-hybridized carbons (Fsp3) is 0.308. The lowest BCUT2D eigenvalue weighted by molar-refractivity contribution is -0.407. The Kier molecular flexibility index (Phi) is 3.54. The summed E-state index contributed by atoms with van der Waals surface area (Å²) in [7, 11) is 0. The van der Waals surface area contributed by atoms with Crippen LogP contribution >= 0.6 is 0 Å². The zero-order valence-electron chi connectivity index (χ0n) is 18.1. The van der Waals surface area contributed by atoms with Crippen molar-refractivity contribution in [2.45, 2.75) is 0 Å². The van der Waals surface area contributed by atoms with Crippen molar-refractivity contribution in [3.05, 3.63) is 47.3 Å². The topological polar surface area (TPSA) is 165 Å². The van der Waals surface area contributed by atoms with Gasteiger partial charge in [-0.2, -0.15) is 0 Å². The third kappa shape index (κ3) is 1.89. The fourth-order valence-electron chi connectivity index (χ4n) is 7.14. The predicted molar refractivity (Wildman–Crippen MR) is 111 cm³/mol. The van der Waals surface area contributed by atoms with E-state index in [4.69, 9.17) is 4.42 Å². The number of carbonyl (C=O) groups is 9. The van der Waals surface area contributed by atoms with Gasteiger partial charge in [-0.05, 0) is 0 Å². The first-order valence-electron chi connectivity index (χ1n) is 11.3. The van der Waals surface area contributed by atoms with Gasteiger partial charge in [-0.3, -0.25) is 33.6 Å². The van der Waals surface area contributed by atoms with Crippen molar-refractivity contribution in [3.8, 4) is 0 Å². The molecule has 8 atom stereocenters. The molecule has 8 unspecified atom stereocenters. The number of Topliss-reactive ketones (excluding diaryl/α,β-unsaturated/α-hetero) is 7. The molecule has 1 aliphatic heterocycles. The van der Waals surface area contributed by atoms with E-state index in [0.29, 0.717) is 6.29 Å². The molecule has 0 saturated heterocycles. The number of rotatable bonds is 2. The molecule has 8 aliphatic carbocycles. The van der Waals surface area contributed by atoms with Crippen LogP contribution in [0.15, 0.2) is 47.3 Å². The highest BCUT2D eigenvalue weighted by Gasteiger charge is 2.73. The molecule has 0 spiro atoms. The van der Waals surface area contributed by atoms with Crippen LogP contribution in [0.3, 0.4) is 0 Å². The molecule has 0 radical (unpaired) electrons. The molecule has 2 saturated carbocycles. The summed E-state index contributed by atoms with van der Waals surface area (Å²) >= 11 is 0. The number of allylic oxidation sites excluding steroid dienone is 8. The Hall–Kier alpha value is -4.34. The third-order valence-corrected chi connectivity index (χ3v) is 8.86. The smallest absolute Gasteiger partial charge is 0.302 e. The summed E-state index contributed by atoms with van der Waals surface area (Å²) < 4.78 is 5.86. The molecule has 0 aromatic rings. The Balaban J connectivity index is 1.48. The number of hydrogen-bond acceptors (Lipinski definition) is 9. The van der Waals surface area contributed by atoms with Crippen molar-refractivity contribution >= 4 is 58.8 Å². The summed E-state index contributed by atoms with van der Waals surface area (Å²) in [4.78, 5) is 115. The SMILES string of the molecule is O=CC12C=CC(C(=O)C1=O)C1C(=O)C3=[O+]C4=C(C(=O)C(=O)C5C6C=CC(C=O)(C(=O)C6=O)C45)C3=CC12. The average molecular weight is 485 g/mol. The van der Waals surface area contributed by atoms with Crippen LogP contribution in [0.1, 0.15) is 0 Å². The lowest BCUT2D eigenvalue weighted by atomic mass is 9.49. The summed E-state index contributed by atoms with van der Waals surface area (Å²) in [5.74, 6) is -14.5. The highest BCUT2D eigenvalue weighted by Crippen LogP contribution is 2.58. The Labute approximate surface area is 200 Å². The van der Waals surface area contributed by atoms with E-state index in [2.05, 4.69) is 0 Å². The van der Waals surface area contributed by atoms with Gasteiger partial charge >= 0.3 is 11.5 Å². The van der Waals surface area contributed by atoms with Gasteiger partial charge in [0, 0.05) is 5.92 Å². The Morgan fingerprint density at radius 1 is 0.722 bits per heavy atom. The second-order valence-corrected chi connectivity index (χ2v) is 10.1. The van der Waals surface area contributed by atoms with Gasteiger partial charge in [-0.1, -0.05) is 30.4 Å². The van der Waals surface area contributed by atoms with Crippen molar-refractivity contribution in [3.63, 3.8) is 0 Å². The zero-order valence-corrected chi connectivity index (χ0v) is 18.1. The molecular weight excluding hydrogens is 472 g/mol. The van der Waals surface area contributed by atoms with Gasteiger partial charge in [0.2, 0.25) is 34.7 Å². The van der Waals surface area contributed by atoms with E-state index >= 15 is 0 Å². The molecule has 0 aromatic heterocycles. The maximum absolute atomic E-state index is 13.6. The lowest BCUT2D eigenvalue weighted by Crippen LogP contribution is -2.62. The summed E-state index contributed by atoms with van der Waals surface area (Å²) in [6.45, 7) is 0. The monoisotopic (exact) mass is 485 g/mol. The molecule has 2 fully saturated rings. The van der Waals surface area contributed by atoms with E-state index < -0.39 is 86.8 Å². The van der Waals surface area contributed by atoms with Crippen molar-refractivity contribution in [2.75, 3.05) is 0 Å². The van der Waals surface area contributed by atoms with Crippen LogP contribution < -0.4 is 0 Å². The zero-order chi connectivity index (χ0) is 25.5. The second kappa shape index (κ2) is 6.07. The molecule has 4 bridgehead atoms. The maximum Gasteiger partial charge on any atom is 0.403 e. The van der Waals surface area contributed by atoms with Gasteiger partial charge < -0.3 is 9.59 Å². The minimum absolute atomic E-state index is 0.110. The Morgan fingerprint density at radius 2 is 1.31 bits per heavy atom. The minimum Gasteiger partial charge on any atom is -0.302 e. The molecule has 9 rings (SSSR count). The van der Waals surface area contributed by atoms with Crippen LogP contribution in [0.4, 0.5) is 0 Å². The molecule has 176 valence electrons. The Bertz CT molecular complexity index is 1550. The van der Waals surface area contributed by atoms with Crippen LogP contribution in [-0.4, -0.2) is 58.8 Å². The van der Waals surface area contributed by atoms with E-state index in [-0.39, 0.29) is 29.0 Å². The van der Waals surface area contributed by atoms with Crippen molar-refractivity contribution in [1.82, 2.24) is 0 Å². The highest BCUT2D eigenvalue weighted by molar-refractivity contribution is 6.57. The molecule has 0 aromatic carbocycles. The molecule has 1 heterocycles. The van der Waals surface area contributed by atoms with Gasteiger partial charge in [-0.15, -0.1) is 0 Å². The van der Waals surface area contributed by atoms with E-state index in [1.807, 2.05) is 0 Å². The second-order valence-electron chi connectivity index (χ2n) is 10.1. The third-order valence-electron chi connectivity index (χ3n) is 8.86. The van der Waals surface area contributed by atoms with Gasteiger partial charge in [0.1, 0.15) is 40.5 Å². The first-order valence-corrected chi connectivity index (χ1v) is 11.3. The molecule has 10 heteroatoms. The van der Waals surface area contributed by atoms with Crippen LogP contribution in [0.5, 0.6) is 0 Å². The average Bonchev–Trinajstić information content (AvgIpc) is 3.27. The lowest BCUT2D eigenvalue weighted by Gasteiger charge is -2.46. The van der Waals surface area contributed by atoms with Crippen molar-refractivity contribution < 1.29 is 47.6 Å². The van der Waals surface area contributed by atoms with E-state index in [1.165, 1.54) is 30.4 Å². The number of fused-ring (bicyclic) bond motifs is 4. The number of carbonyl (C=O) groups excluding carboxylic acids is 10. The number of aldehydes is 2. The molecule has 0 N–H and O–H groups in total. The molecule has 36 heavy (non-hydrogen) atoms. The van der Waals surface area contributed by atoms with Gasteiger partial charge in [0.05, 0.1) is 23.7 Å². The van der Waals surface area contributed by atoms with Gasteiger partial charge in [0.25, 0.3) is 5.78 Å². The standard InChI is InChI=1S/C26H13O10/c27-6-25-3-1-8(16(29)23(25)34)12-11(25)5-10-14-19(32)18(31)13-9-2-4-26(7-28,24(35)17(9)30)15(13)22(14)36-21(10)20(12)33/h1-9,11-13,15H/q+1. The highest BCUT2D eigenvalue weighted by atomic mass is 16.4. The summed E-state index contributed by atoms with van der Waals surface area (Å²) in [5, 5.41) is 0. The Morgan fingerprint density at radius 3 is 1.94 bits per heavy atom. The van der Waals surface area contributed by atoms with Crippen LogP contribution in [-0.2, 0) is 47.6 Å². The predicted octanol–water partition coefficient (Wildman–Crippen LogP) is -1.47. The van der Waals surface area contributed by atoms with E-state index in [0.717, 1.165) is 0 Å². The molecular formula is C26H13O10+. The quantitative estimate of drug-likeness (QED) is 0.149. The molecule has 10 nitrogen and oxygen atoms in total. The number of hydrogen-bond donors (Lipinski definition) is 0. The van der Waals surface area contributed by atoms with Gasteiger partial charge in [-0.25, -0.2) is 4.42 Å². The van der Waals surface area contributed by atoms with Gasteiger partial charge in [0.15, 0.2) is 0 Å². The minimum atomic E-state index is -2.08. The summed E-state index contributed by atoms with van der Waals surface area (Å²) in [5.41, 5.74) is -4.44. The first kappa shape index (κ1) is 21.0. The fourth-order valence-corrected chi connectivity index (χ4v) is 7.14. The van der Waals surface area contributed by atoms with Crippen molar-refractivity contribution in [1.29, 1.82) is 0 Å². The first-order chi connectivity index (χ1) is 17.1. The van der Waals surface area contributed by atoms with Crippen LogP contribution in [0.25, 0.3) is 0 Å². The normalized spacial score (nSPS) is 43.3. The molecule has 0 amide bonds. The van der Waals surface area contributed by atoms with E-state index in [1.54, 1.807) is 0 Å².